The van der Waals surface area contributed by atoms with Gasteiger partial charge in [0.1, 0.15) is 0 Å². The Morgan fingerprint density at radius 3 is 2.79 bits per heavy atom. The van der Waals surface area contributed by atoms with E-state index in [1.54, 1.807) is 5.57 Å². The Morgan fingerprint density at radius 2 is 2.05 bits per heavy atom. The monoisotopic (exact) mass is 265 g/mol. The average molecular weight is 265 g/mol. The first-order chi connectivity index (χ1) is 9.26. The summed E-state index contributed by atoms with van der Waals surface area (Å²) in [4.78, 5) is 0. The molecule has 1 heterocycles. The summed E-state index contributed by atoms with van der Waals surface area (Å²) in [6.07, 6.45) is 14.3. The highest BCUT2D eigenvalue weighted by atomic mass is 16.5. The number of nitrogens with one attached hydrogen (secondary N) is 1. The number of rotatable bonds is 4. The van der Waals surface area contributed by atoms with Crippen molar-refractivity contribution in [1.29, 1.82) is 0 Å². The van der Waals surface area contributed by atoms with Crippen LogP contribution in [-0.2, 0) is 4.74 Å². The van der Waals surface area contributed by atoms with Gasteiger partial charge in [0.2, 0.25) is 0 Å². The lowest BCUT2D eigenvalue weighted by atomic mass is 9.81. The van der Waals surface area contributed by atoms with Crippen LogP contribution < -0.4 is 5.32 Å². The van der Waals surface area contributed by atoms with Gasteiger partial charge in [0.05, 0.1) is 11.6 Å². The van der Waals surface area contributed by atoms with Crippen LogP contribution >= 0.6 is 0 Å². The second-order valence-corrected chi connectivity index (χ2v) is 6.34. The van der Waals surface area contributed by atoms with E-state index in [4.69, 9.17) is 4.74 Å². The molecule has 0 saturated carbocycles. The Hall–Kier alpha value is -0.340. The molecule has 110 valence electrons. The standard InChI is InChI=1S/C17H31NO/c1-3-18-16(17(2)13-9-10-14-19-17)15-11-7-5-4-6-8-12-15/h11,16,18H,3-10,12-14H2,1-2H3. The summed E-state index contributed by atoms with van der Waals surface area (Å²) < 4.78 is 6.20. The molecule has 0 aromatic heterocycles. The molecule has 0 amide bonds. The molecule has 1 fully saturated rings. The second kappa shape index (κ2) is 7.44. The van der Waals surface area contributed by atoms with Gasteiger partial charge in [-0.2, -0.15) is 0 Å². The maximum absolute atomic E-state index is 6.20. The van der Waals surface area contributed by atoms with E-state index in [1.165, 1.54) is 57.8 Å². The lowest BCUT2D eigenvalue weighted by Crippen LogP contribution is -2.53. The van der Waals surface area contributed by atoms with Crippen molar-refractivity contribution >= 4 is 0 Å². The van der Waals surface area contributed by atoms with Crippen LogP contribution in [0, 0.1) is 0 Å². The third-order valence-electron chi connectivity index (χ3n) is 4.72. The third kappa shape index (κ3) is 4.06. The molecule has 2 rings (SSSR count). The molecular formula is C17H31NO. The average Bonchev–Trinajstić information content (AvgIpc) is 2.37. The molecule has 0 spiro atoms. The van der Waals surface area contributed by atoms with Crippen LogP contribution in [-0.4, -0.2) is 24.8 Å². The molecule has 2 aliphatic rings. The molecule has 1 saturated heterocycles. The van der Waals surface area contributed by atoms with Crippen molar-refractivity contribution < 1.29 is 4.74 Å². The summed E-state index contributed by atoms with van der Waals surface area (Å²) in [5.74, 6) is 0. The SMILES string of the molecule is CCNC(C1=CCCCCCC1)C1(C)CCCCO1. The number of allylic oxidation sites excluding steroid dienone is 1. The van der Waals surface area contributed by atoms with E-state index in [0.717, 1.165) is 13.2 Å². The van der Waals surface area contributed by atoms with Crippen molar-refractivity contribution in [1.82, 2.24) is 5.32 Å². The van der Waals surface area contributed by atoms with Crippen molar-refractivity contribution in [2.24, 2.45) is 0 Å². The zero-order chi connectivity index (χ0) is 13.6. The van der Waals surface area contributed by atoms with Crippen molar-refractivity contribution in [3.05, 3.63) is 11.6 Å². The molecule has 1 aliphatic carbocycles. The molecule has 2 nitrogen and oxygen atoms in total. The molecule has 0 aromatic rings. The normalized spacial score (nSPS) is 31.2. The van der Waals surface area contributed by atoms with Gasteiger partial charge in [0.25, 0.3) is 0 Å². The number of hydrogen-bond donors (Lipinski definition) is 1. The molecule has 2 unspecified atom stereocenters. The summed E-state index contributed by atoms with van der Waals surface area (Å²) in [6, 6.07) is 0.427. The molecule has 1 N–H and O–H groups in total. The molecular weight excluding hydrogens is 234 g/mol. The summed E-state index contributed by atoms with van der Waals surface area (Å²) in [7, 11) is 0. The van der Waals surface area contributed by atoms with E-state index >= 15 is 0 Å². The van der Waals surface area contributed by atoms with Crippen LogP contribution in [0.5, 0.6) is 0 Å². The topological polar surface area (TPSA) is 21.3 Å². The van der Waals surface area contributed by atoms with E-state index in [1.807, 2.05) is 0 Å². The predicted octanol–water partition coefficient (Wildman–Crippen LogP) is 4.20. The van der Waals surface area contributed by atoms with Gasteiger partial charge in [-0.1, -0.05) is 31.4 Å². The molecule has 2 atom stereocenters. The Bertz CT molecular complexity index is 292. The number of likely N-dealkylation sites (N-methyl/N-ethyl adjacent to an activating group) is 1. The van der Waals surface area contributed by atoms with Crippen LogP contribution in [0.3, 0.4) is 0 Å². The largest absolute Gasteiger partial charge is 0.373 e. The van der Waals surface area contributed by atoms with Gasteiger partial charge < -0.3 is 10.1 Å². The fourth-order valence-corrected chi connectivity index (χ4v) is 3.61. The van der Waals surface area contributed by atoms with Crippen LogP contribution in [0.2, 0.25) is 0 Å². The third-order valence-corrected chi connectivity index (χ3v) is 4.72. The highest BCUT2D eigenvalue weighted by Gasteiger charge is 2.38. The van der Waals surface area contributed by atoms with Crippen molar-refractivity contribution in [2.75, 3.05) is 13.2 Å². The van der Waals surface area contributed by atoms with Gasteiger partial charge >= 0.3 is 0 Å². The lowest BCUT2D eigenvalue weighted by molar-refractivity contribution is -0.0813. The molecule has 0 radical (unpaired) electrons. The lowest BCUT2D eigenvalue weighted by Gasteiger charge is -2.42. The van der Waals surface area contributed by atoms with Gasteiger partial charge in [0, 0.05) is 6.61 Å². The summed E-state index contributed by atoms with van der Waals surface area (Å²) in [6.45, 7) is 6.49. The molecule has 19 heavy (non-hydrogen) atoms. The van der Waals surface area contributed by atoms with Crippen molar-refractivity contribution in [3.63, 3.8) is 0 Å². The van der Waals surface area contributed by atoms with Gasteiger partial charge in [-0.3, -0.25) is 0 Å². The minimum absolute atomic E-state index is 0.0132. The maximum Gasteiger partial charge on any atom is 0.0845 e. The Balaban J connectivity index is 2.12. The zero-order valence-electron chi connectivity index (χ0n) is 12.8. The zero-order valence-corrected chi connectivity index (χ0v) is 12.8. The molecule has 1 aliphatic heterocycles. The van der Waals surface area contributed by atoms with Crippen LogP contribution in [0.15, 0.2) is 11.6 Å². The molecule has 0 aromatic carbocycles. The first-order valence-electron chi connectivity index (χ1n) is 8.32. The number of hydrogen-bond acceptors (Lipinski definition) is 2. The van der Waals surface area contributed by atoms with E-state index in [2.05, 4.69) is 25.2 Å². The molecule has 2 heteroatoms. The quantitative estimate of drug-likeness (QED) is 0.769. The van der Waals surface area contributed by atoms with Crippen LogP contribution in [0.25, 0.3) is 0 Å². The van der Waals surface area contributed by atoms with Crippen LogP contribution in [0.4, 0.5) is 0 Å². The predicted molar refractivity (Wildman–Crippen MR) is 81.5 cm³/mol. The Morgan fingerprint density at radius 1 is 1.21 bits per heavy atom. The van der Waals surface area contributed by atoms with E-state index in [-0.39, 0.29) is 5.60 Å². The maximum atomic E-state index is 6.20. The van der Waals surface area contributed by atoms with Gasteiger partial charge in [-0.15, -0.1) is 0 Å². The first kappa shape index (κ1) is 15.1. The fraction of sp³-hybridized carbons (Fsp3) is 0.882. The Labute approximate surface area is 119 Å². The smallest absolute Gasteiger partial charge is 0.0845 e. The van der Waals surface area contributed by atoms with Crippen molar-refractivity contribution in [2.45, 2.75) is 83.3 Å². The van der Waals surface area contributed by atoms with Gasteiger partial charge in [-0.25, -0.2) is 0 Å². The van der Waals surface area contributed by atoms with Crippen LogP contribution in [0.1, 0.15) is 71.6 Å². The summed E-state index contributed by atoms with van der Waals surface area (Å²) in [5, 5.41) is 3.72. The summed E-state index contributed by atoms with van der Waals surface area (Å²) >= 11 is 0. The molecule has 0 bridgehead atoms. The van der Waals surface area contributed by atoms with E-state index in [9.17, 15) is 0 Å². The van der Waals surface area contributed by atoms with E-state index in [0.29, 0.717) is 6.04 Å². The van der Waals surface area contributed by atoms with Gasteiger partial charge in [-0.05, 0) is 58.4 Å². The minimum Gasteiger partial charge on any atom is -0.373 e. The number of ether oxygens (including phenoxy) is 1. The van der Waals surface area contributed by atoms with Crippen molar-refractivity contribution in [3.8, 4) is 0 Å². The highest BCUT2D eigenvalue weighted by Crippen LogP contribution is 2.33. The highest BCUT2D eigenvalue weighted by molar-refractivity contribution is 5.18. The first-order valence-corrected chi connectivity index (χ1v) is 8.32. The fourth-order valence-electron chi connectivity index (χ4n) is 3.61. The summed E-state index contributed by atoms with van der Waals surface area (Å²) in [5.41, 5.74) is 1.63. The Kier molecular flexibility index (Phi) is 5.90. The van der Waals surface area contributed by atoms with Gasteiger partial charge in [0.15, 0.2) is 0 Å². The minimum atomic E-state index is 0.0132. The second-order valence-electron chi connectivity index (χ2n) is 6.34. The van der Waals surface area contributed by atoms with E-state index < -0.39 is 0 Å².